The van der Waals surface area contributed by atoms with Gasteiger partial charge in [-0.3, -0.25) is 14.6 Å². The van der Waals surface area contributed by atoms with Crippen LogP contribution in [-0.2, 0) is 21.6 Å². The van der Waals surface area contributed by atoms with Crippen LogP contribution in [0.2, 0.25) is 0 Å². The van der Waals surface area contributed by atoms with Crippen molar-refractivity contribution in [3.63, 3.8) is 0 Å². The van der Waals surface area contributed by atoms with E-state index in [1.54, 1.807) is 31.5 Å². The molecule has 0 spiro atoms. The number of nitrogens with zero attached hydrogens (tertiary/aromatic N) is 1. The number of aromatic nitrogens is 1. The zero-order valence-corrected chi connectivity index (χ0v) is 14.5. The maximum Gasteiger partial charge on any atom is 0.313 e. The van der Waals surface area contributed by atoms with Gasteiger partial charge < -0.3 is 20.5 Å². The average Bonchev–Trinajstić information content (AvgIpc) is 2.66. The van der Waals surface area contributed by atoms with Gasteiger partial charge in [0.2, 0.25) is 0 Å². The number of carbonyl (C=O) groups excluding carboxylic acids is 2. The number of aryl methyl sites for hydroxylation is 1. The van der Waals surface area contributed by atoms with Crippen molar-refractivity contribution < 1.29 is 19.4 Å². The van der Waals surface area contributed by atoms with E-state index >= 15 is 0 Å². The minimum Gasteiger partial charge on any atom is -0.497 e. The molecule has 0 saturated carbocycles. The predicted molar refractivity (Wildman–Crippen MR) is 95.7 cm³/mol. The average molecular weight is 355 g/mol. The SMILES string of the molecule is COc1ccc2c(c1)CCCC2(O)CNC(=O)C(=O)Nc1cccnc1. The van der Waals surface area contributed by atoms with Crippen LogP contribution < -0.4 is 15.4 Å². The van der Waals surface area contributed by atoms with Gasteiger partial charge in [0.15, 0.2) is 0 Å². The number of hydrogen-bond donors (Lipinski definition) is 3. The van der Waals surface area contributed by atoms with Gasteiger partial charge >= 0.3 is 11.8 Å². The highest BCUT2D eigenvalue weighted by atomic mass is 16.5. The number of carbonyl (C=O) groups is 2. The molecule has 2 amide bonds. The lowest BCUT2D eigenvalue weighted by Crippen LogP contribution is -2.46. The summed E-state index contributed by atoms with van der Waals surface area (Å²) in [6.07, 6.45) is 5.15. The summed E-state index contributed by atoms with van der Waals surface area (Å²) in [6, 6.07) is 8.79. The molecule has 26 heavy (non-hydrogen) atoms. The first kappa shape index (κ1) is 17.9. The Morgan fingerprint density at radius 1 is 1.31 bits per heavy atom. The maximum absolute atomic E-state index is 12.1. The molecule has 1 aliphatic rings. The molecule has 3 rings (SSSR count). The van der Waals surface area contributed by atoms with Crippen molar-refractivity contribution in [3.05, 3.63) is 53.9 Å². The number of benzene rings is 1. The third kappa shape index (κ3) is 3.83. The second kappa shape index (κ2) is 7.53. The Balaban J connectivity index is 1.66. The third-order valence-electron chi connectivity index (χ3n) is 4.52. The topological polar surface area (TPSA) is 101 Å². The molecule has 0 aliphatic heterocycles. The highest BCUT2D eigenvalue weighted by Crippen LogP contribution is 2.36. The van der Waals surface area contributed by atoms with Gasteiger partial charge in [-0.2, -0.15) is 0 Å². The van der Waals surface area contributed by atoms with E-state index in [0.717, 1.165) is 29.7 Å². The van der Waals surface area contributed by atoms with Gasteiger partial charge in [0.05, 0.1) is 25.5 Å². The second-order valence-electron chi connectivity index (χ2n) is 6.29. The number of ether oxygens (including phenoxy) is 1. The molecule has 1 atom stereocenters. The van der Waals surface area contributed by atoms with Crippen molar-refractivity contribution in [2.45, 2.75) is 24.9 Å². The fraction of sp³-hybridized carbons (Fsp3) is 0.316. The molecule has 0 radical (unpaired) electrons. The number of fused-ring (bicyclic) bond motifs is 1. The lowest BCUT2D eigenvalue weighted by molar-refractivity contribution is -0.137. The molecule has 1 heterocycles. The van der Waals surface area contributed by atoms with E-state index in [1.807, 2.05) is 12.1 Å². The monoisotopic (exact) mass is 355 g/mol. The van der Waals surface area contributed by atoms with Gasteiger partial charge in [0.1, 0.15) is 11.4 Å². The van der Waals surface area contributed by atoms with Crippen LogP contribution in [0.25, 0.3) is 0 Å². The van der Waals surface area contributed by atoms with Crippen LogP contribution in [0.5, 0.6) is 5.75 Å². The van der Waals surface area contributed by atoms with Crippen molar-refractivity contribution in [2.24, 2.45) is 0 Å². The highest BCUT2D eigenvalue weighted by Gasteiger charge is 2.35. The molecular weight excluding hydrogens is 334 g/mol. The highest BCUT2D eigenvalue weighted by molar-refractivity contribution is 6.39. The Morgan fingerprint density at radius 2 is 2.15 bits per heavy atom. The van der Waals surface area contributed by atoms with Gasteiger partial charge in [-0.15, -0.1) is 0 Å². The molecule has 1 unspecified atom stereocenters. The van der Waals surface area contributed by atoms with Crippen LogP contribution in [0, 0.1) is 0 Å². The predicted octanol–water partition coefficient (Wildman–Crippen LogP) is 1.37. The first-order valence-corrected chi connectivity index (χ1v) is 8.41. The van der Waals surface area contributed by atoms with Gasteiger partial charge in [-0.25, -0.2) is 0 Å². The number of anilines is 1. The van der Waals surface area contributed by atoms with Crippen LogP contribution in [0.3, 0.4) is 0 Å². The van der Waals surface area contributed by atoms with E-state index < -0.39 is 17.4 Å². The van der Waals surface area contributed by atoms with Crippen molar-refractivity contribution in [1.29, 1.82) is 0 Å². The van der Waals surface area contributed by atoms with E-state index in [0.29, 0.717) is 12.1 Å². The maximum atomic E-state index is 12.1. The summed E-state index contributed by atoms with van der Waals surface area (Å²) in [5.41, 5.74) is 0.982. The van der Waals surface area contributed by atoms with Crippen LogP contribution in [0.1, 0.15) is 24.0 Å². The van der Waals surface area contributed by atoms with E-state index in [-0.39, 0.29) is 6.54 Å². The van der Waals surface area contributed by atoms with Crippen LogP contribution in [0.4, 0.5) is 5.69 Å². The summed E-state index contributed by atoms with van der Waals surface area (Å²) in [7, 11) is 1.60. The Labute approximate surface area is 151 Å². The molecule has 3 N–H and O–H groups in total. The normalized spacial score (nSPS) is 18.5. The van der Waals surface area contributed by atoms with Crippen molar-refractivity contribution >= 4 is 17.5 Å². The number of pyridine rings is 1. The Bertz CT molecular complexity index is 810. The molecule has 7 nitrogen and oxygen atoms in total. The zero-order valence-electron chi connectivity index (χ0n) is 14.5. The van der Waals surface area contributed by atoms with Gasteiger partial charge in [-0.05, 0) is 54.7 Å². The fourth-order valence-corrected chi connectivity index (χ4v) is 3.18. The Kier molecular flexibility index (Phi) is 5.18. The largest absolute Gasteiger partial charge is 0.497 e. The molecule has 1 aliphatic carbocycles. The number of rotatable bonds is 4. The molecule has 7 heteroatoms. The summed E-state index contributed by atoms with van der Waals surface area (Å²) in [6.45, 7) is -0.0361. The van der Waals surface area contributed by atoms with E-state index in [2.05, 4.69) is 15.6 Å². The van der Waals surface area contributed by atoms with Gasteiger partial charge in [0, 0.05) is 6.20 Å². The minimum absolute atomic E-state index is 0.0361. The van der Waals surface area contributed by atoms with E-state index in [1.165, 1.54) is 6.20 Å². The molecule has 0 bridgehead atoms. The summed E-state index contributed by atoms with van der Waals surface area (Å²) >= 11 is 0. The number of aliphatic hydroxyl groups is 1. The number of methoxy groups -OCH3 is 1. The van der Waals surface area contributed by atoms with Gasteiger partial charge in [-0.1, -0.05) is 6.07 Å². The lowest BCUT2D eigenvalue weighted by Gasteiger charge is -2.34. The standard InChI is InChI=1S/C19H21N3O4/c1-26-15-6-7-16-13(10-15)4-2-8-19(16,25)12-21-17(23)18(24)22-14-5-3-9-20-11-14/h3,5-7,9-11,25H,2,4,8,12H2,1H3,(H,21,23)(H,22,24). The molecule has 1 aromatic heterocycles. The third-order valence-corrected chi connectivity index (χ3v) is 4.52. The number of nitrogens with one attached hydrogen (secondary N) is 2. The van der Waals surface area contributed by atoms with Gasteiger partial charge in [0.25, 0.3) is 0 Å². The number of hydrogen-bond acceptors (Lipinski definition) is 5. The van der Waals surface area contributed by atoms with Crippen LogP contribution >= 0.6 is 0 Å². The Morgan fingerprint density at radius 3 is 2.88 bits per heavy atom. The lowest BCUT2D eigenvalue weighted by atomic mass is 9.79. The summed E-state index contributed by atoms with van der Waals surface area (Å²) in [5, 5.41) is 16.0. The van der Waals surface area contributed by atoms with E-state index in [9.17, 15) is 14.7 Å². The molecule has 0 saturated heterocycles. The zero-order chi connectivity index (χ0) is 18.6. The molecule has 0 fully saturated rings. The van der Waals surface area contributed by atoms with E-state index in [4.69, 9.17) is 4.74 Å². The molecule has 2 aromatic rings. The summed E-state index contributed by atoms with van der Waals surface area (Å²) < 4.78 is 5.23. The number of amides is 2. The second-order valence-corrected chi connectivity index (χ2v) is 6.29. The van der Waals surface area contributed by atoms with Crippen LogP contribution in [-0.4, -0.2) is 35.6 Å². The van der Waals surface area contributed by atoms with Crippen molar-refractivity contribution in [1.82, 2.24) is 10.3 Å². The Hall–Kier alpha value is -2.93. The minimum atomic E-state index is -1.20. The fourth-order valence-electron chi connectivity index (χ4n) is 3.18. The first-order chi connectivity index (χ1) is 12.5. The summed E-state index contributed by atoms with van der Waals surface area (Å²) in [5.74, 6) is -0.872. The smallest absolute Gasteiger partial charge is 0.313 e. The molecule has 136 valence electrons. The summed E-state index contributed by atoms with van der Waals surface area (Å²) in [4.78, 5) is 27.9. The molecule has 1 aromatic carbocycles. The van der Waals surface area contributed by atoms with Crippen LogP contribution in [0.15, 0.2) is 42.7 Å². The first-order valence-electron chi connectivity index (χ1n) is 8.41. The quantitative estimate of drug-likeness (QED) is 0.719. The van der Waals surface area contributed by atoms with Crippen molar-refractivity contribution in [3.8, 4) is 5.75 Å². The molecular formula is C19H21N3O4. The van der Waals surface area contributed by atoms with Crippen molar-refractivity contribution in [2.75, 3.05) is 19.0 Å².